The van der Waals surface area contributed by atoms with Crippen LogP contribution < -0.4 is 21.3 Å². The Morgan fingerprint density at radius 2 is 1.91 bits per heavy atom. The number of fused-ring (bicyclic) bond motifs is 1. The summed E-state index contributed by atoms with van der Waals surface area (Å²) in [6.45, 7) is 0.450. The van der Waals surface area contributed by atoms with Gasteiger partial charge in [0, 0.05) is 41.7 Å². The first-order chi connectivity index (χ1) is 16.9. The molecule has 2 fully saturated rings. The van der Waals surface area contributed by atoms with E-state index in [4.69, 9.17) is 5.39 Å². The van der Waals surface area contributed by atoms with E-state index in [1.54, 1.807) is 0 Å². The van der Waals surface area contributed by atoms with Crippen LogP contribution in [0.4, 0.5) is 10.5 Å². The van der Waals surface area contributed by atoms with Gasteiger partial charge in [0.25, 0.3) is 5.91 Å². The van der Waals surface area contributed by atoms with Crippen molar-refractivity contribution in [3.8, 4) is 0 Å². The number of nitrogens with one attached hydrogen (secondary N) is 4. The summed E-state index contributed by atoms with van der Waals surface area (Å²) in [6, 6.07) is 5.07. The third-order valence-electron chi connectivity index (χ3n) is 6.17. The standard InChI is InChI=1S/C23H30N6O5S/c24-29-15-10-8-14(9-11-15)21(31)26-16(22(32)33)5-3-4-12-25-19(30)7-2-1-6-18-20-17(13-35-18)27-23(34)28-20/h8-11,16-18,20H,1-7,12-13H2,(H4-,25,26,27,28,30,31,32,33,34)/p+1/t16?,17-,18-,20-/m0/s1. The van der Waals surface area contributed by atoms with Gasteiger partial charge >= 0.3 is 17.7 Å². The van der Waals surface area contributed by atoms with Crippen LogP contribution in [0.2, 0.25) is 0 Å². The monoisotopic (exact) mass is 503 g/mol. The molecule has 0 aromatic heterocycles. The van der Waals surface area contributed by atoms with E-state index in [2.05, 4.69) is 26.2 Å². The summed E-state index contributed by atoms with van der Waals surface area (Å²) in [5, 5.41) is 29.7. The maximum atomic E-state index is 12.3. The highest BCUT2D eigenvalue weighted by Gasteiger charge is 2.42. The number of carboxylic acids is 1. The number of unbranched alkanes of at least 4 members (excludes halogenated alkanes) is 2. The predicted molar refractivity (Wildman–Crippen MR) is 131 cm³/mol. The summed E-state index contributed by atoms with van der Waals surface area (Å²) >= 11 is 1.86. The van der Waals surface area contributed by atoms with E-state index < -0.39 is 17.9 Å². The fourth-order valence-corrected chi connectivity index (χ4v) is 5.79. The number of benzene rings is 1. The summed E-state index contributed by atoms with van der Waals surface area (Å²) in [6.07, 6.45) is 4.47. The minimum atomic E-state index is -1.12. The van der Waals surface area contributed by atoms with Gasteiger partial charge in [-0.25, -0.2) is 9.59 Å². The summed E-state index contributed by atoms with van der Waals surface area (Å²) in [5.74, 6) is -0.744. The minimum absolute atomic E-state index is 0.0288. The van der Waals surface area contributed by atoms with E-state index in [0.717, 1.165) is 25.0 Å². The molecule has 11 nitrogen and oxygen atoms in total. The molecule has 188 valence electrons. The normalized spacial score (nSPS) is 21.2. The number of thioether (sulfide) groups is 1. The molecule has 2 aliphatic rings. The number of hydrogen-bond acceptors (Lipinski definition) is 6. The molecule has 0 bridgehead atoms. The van der Waals surface area contributed by atoms with Crippen LogP contribution in [0.25, 0.3) is 4.98 Å². The highest BCUT2D eigenvalue weighted by atomic mass is 32.2. The smallest absolute Gasteiger partial charge is 0.385 e. The quantitative estimate of drug-likeness (QED) is 0.157. The van der Waals surface area contributed by atoms with Gasteiger partial charge in [0.05, 0.1) is 12.1 Å². The number of carbonyl (C=O) groups is 4. The fourth-order valence-electron chi connectivity index (χ4n) is 4.24. The zero-order chi connectivity index (χ0) is 25.2. The summed E-state index contributed by atoms with van der Waals surface area (Å²) in [4.78, 5) is 50.3. The summed E-state index contributed by atoms with van der Waals surface area (Å²) in [7, 11) is 0. The summed E-state index contributed by atoms with van der Waals surface area (Å²) in [5.41, 5.74) is 0.563. The molecule has 12 heteroatoms. The van der Waals surface area contributed by atoms with Gasteiger partial charge in [-0.05, 0) is 44.2 Å². The van der Waals surface area contributed by atoms with E-state index in [1.165, 1.54) is 24.3 Å². The number of urea groups is 1. The molecule has 35 heavy (non-hydrogen) atoms. The van der Waals surface area contributed by atoms with Crippen molar-refractivity contribution in [1.29, 1.82) is 5.39 Å². The Hall–Kier alpha value is -3.33. The maximum absolute atomic E-state index is 12.3. The molecular weight excluding hydrogens is 472 g/mol. The average Bonchev–Trinajstić information content (AvgIpc) is 3.39. The van der Waals surface area contributed by atoms with E-state index in [1.807, 2.05) is 11.8 Å². The second-order valence-corrected chi connectivity index (χ2v) is 10.00. The van der Waals surface area contributed by atoms with Gasteiger partial charge < -0.3 is 26.4 Å². The number of hydrogen-bond donors (Lipinski definition) is 5. The number of amides is 4. The second kappa shape index (κ2) is 12.9. The van der Waals surface area contributed by atoms with Crippen molar-refractivity contribution in [3.63, 3.8) is 0 Å². The first kappa shape index (κ1) is 26.3. The highest BCUT2D eigenvalue weighted by molar-refractivity contribution is 8.00. The van der Waals surface area contributed by atoms with Gasteiger partial charge in [-0.15, -0.1) is 0 Å². The first-order valence-electron chi connectivity index (χ1n) is 11.8. The largest absolute Gasteiger partial charge is 0.480 e. The van der Waals surface area contributed by atoms with E-state index in [9.17, 15) is 24.3 Å². The van der Waals surface area contributed by atoms with Crippen LogP contribution in [-0.2, 0) is 9.59 Å². The van der Waals surface area contributed by atoms with Gasteiger partial charge in [0.15, 0.2) is 4.98 Å². The van der Waals surface area contributed by atoms with Gasteiger partial charge in [-0.1, -0.05) is 6.42 Å². The van der Waals surface area contributed by atoms with Crippen molar-refractivity contribution in [1.82, 2.24) is 21.3 Å². The van der Waals surface area contributed by atoms with Crippen LogP contribution >= 0.6 is 11.8 Å². The molecule has 3 rings (SSSR count). The number of carbonyl (C=O) groups excluding carboxylic acids is 3. The van der Waals surface area contributed by atoms with Crippen LogP contribution in [-0.4, -0.2) is 64.6 Å². The molecule has 2 aliphatic heterocycles. The SMILES string of the molecule is N#[N+]c1ccc(C(=O)NC(CCCCNC(=O)CCCC[C@@H]2SC[C@@H]3NC(=O)N[C@@H]32)C(=O)O)cc1. The molecule has 1 aromatic rings. The van der Waals surface area contributed by atoms with Crippen LogP contribution in [0.1, 0.15) is 55.3 Å². The predicted octanol–water partition coefficient (Wildman–Crippen LogP) is 2.37. The number of aliphatic carboxylic acids is 1. The number of rotatable bonds is 13. The Labute approximate surface area is 207 Å². The van der Waals surface area contributed by atoms with Crippen LogP contribution in [0.15, 0.2) is 24.3 Å². The van der Waals surface area contributed by atoms with Gasteiger partial charge in [-0.3, -0.25) is 9.59 Å². The Kier molecular flexibility index (Phi) is 9.72. The van der Waals surface area contributed by atoms with Gasteiger partial charge in [0.1, 0.15) is 6.04 Å². The molecule has 4 amide bonds. The van der Waals surface area contributed by atoms with Crippen molar-refractivity contribution >= 4 is 41.3 Å². The number of diazo groups is 1. The first-order valence-corrected chi connectivity index (χ1v) is 12.9. The molecule has 2 saturated heterocycles. The molecule has 5 N–H and O–H groups in total. The third kappa shape index (κ3) is 7.85. The molecule has 1 unspecified atom stereocenters. The topological polar surface area (TPSA) is 165 Å². The maximum Gasteiger partial charge on any atom is 0.385 e. The lowest BCUT2D eigenvalue weighted by molar-refractivity contribution is -0.139. The van der Waals surface area contributed by atoms with Crippen molar-refractivity contribution in [2.45, 2.75) is 68.3 Å². The van der Waals surface area contributed by atoms with E-state index in [0.29, 0.717) is 36.7 Å². The Balaban J connectivity index is 1.25. The molecule has 2 heterocycles. The molecule has 4 atom stereocenters. The lowest BCUT2D eigenvalue weighted by Crippen LogP contribution is -2.40. The van der Waals surface area contributed by atoms with Crippen LogP contribution in [0.3, 0.4) is 0 Å². The van der Waals surface area contributed by atoms with Gasteiger partial charge in [-0.2, -0.15) is 11.8 Å². The average molecular weight is 504 g/mol. The molecule has 0 spiro atoms. The summed E-state index contributed by atoms with van der Waals surface area (Å²) < 4.78 is 0. The molecular formula is C23H31N6O5S+. The second-order valence-electron chi connectivity index (χ2n) is 8.72. The zero-order valence-corrected chi connectivity index (χ0v) is 20.2. The van der Waals surface area contributed by atoms with E-state index >= 15 is 0 Å². The molecule has 1 aromatic carbocycles. The number of nitrogens with zero attached hydrogens (tertiary/aromatic N) is 2. The fraction of sp³-hybridized carbons (Fsp3) is 0.565. The van der Waals surface area contributed by atoms with Crippen molar-refractivity contribution < 1.29 is 24.3 Å². The lowest BCUT2D eigenvalue weighted by atomic mass is 10.0. The minimum Gasteiger partial charge on any atom is -0.480 e. The van der Waals surface area contributed by atoms with Crippen LogP contribution in [0.5, 0.6) is 0 Å². The third-order valence-corrected chi connectivity index (χ3v) is 7.68. The Bertz CT molecular complexity index is 966. The van der Waals surface area contributed by atoms with E-state index in [-0.39, 0.29) is 36.0 Å². The Morgan fingerprint density at radius 3 is 2.63 bits per heavy atom. The number of carboxylic acid groups (broad SMARTS) is 1. The Morgan fingerprint density at radius 1 is 1.14 bits per heavy atom. The zero-order valence-electron chi connectivity index (χ0n) is 19.4. The van der Waals surface area contributed by atoms with Crippen molar-refractivity contribution in [3.05, 3.63) is 34.8 Å². The van der Waals surface area contributed by atoms with Crippen molar-refractivity contribution in [2.24, 2.45) is 0 Å². The van der Waals surface area contributed by atoms with Gasteiger partial charge in [0.2, 0.25) is 11.3 Å². The molecule has 0 radical (unpaired) electrons. The van der Waals surface area contributed by atoms with Crippen molar-refractivity contribution in [2.75, 3.05) is 12.3 Å². The molecule has 0 saturated carbocycles. The highest BCUT2D eigenvalue weighted by Crippen LogP contribution is 2.33. The van der Waals surface area contributed by atoms with Crippen LogP contribution in [0, 0.1) is 5.39 Å². The molecule has 0 aliphatic carbocycles. The lowest BCUT2D eigenvalue weighted by Gasteiger charge is -2.16.